The molecule has 5 N–H and O–H groups in total. The van der Waals surface area contributed by atoms with E-state index in [9.17, 15) is 14.4 Å². The second kappa shape index (κ2) is 7.78. The van der Waals surface area contributed by atoms with Gasteiger partial charge in [-0.2, -0.15) is 0 Å². The van der Waals surface area contributed by atoms with Crippen molar-refractivity contribution < 1.29 is 19.5 Å². The molecular weight excluding hydrogens is 262 g/mol. The lowest BCUT2D eigenvalue weighted by Gasteiger charge is -2.07. The third-order valence-electron chi connectivity index (χ3n) is 2.53. The molecule has 0 bridgehead atoms. The summed E-state index contributed by atoms with van der Waals surface area (Å²) in [6.07, 6.45) is 0.610. The van der Waals surface area contributed by atoms with Crippen LogP contribution in [0.2, 0.25) is 0 Å². The molecule has 3 amide bonds. The van der Waals surface area contributed by atoms with Crippen LogP contribution >= 0.6 is 0 Å². The van der Waals surface area contributed by atoms with Gasteiger partial charge in [-0.15, -0.1) is 0 Å². The number of carbonyl (C=O) groups excluding carboxylic acids is 2. The van der Waals surface area contributed by atoms with E-state index in [0.29, 0.717) is 13.0 Å². The van der Waals surface area contributed by atoms with Crippen LogP contribution in [0.5, 0.6) is 0 Å². The molecule has 0 aromatic heterocycles. The Hall–Kier alpha value is -2.57. The lowest BCUT2D eigenvalue weighted by atomic mass is 10.1. The fourth-order valence-electron chi connectivity index (χ4n) is 1.54. The van der Waals surface area contributed by atoms with E-state index in [-0.39, 0.29) is 24.6 Å². The van der Waals surface area contributed by atoms with E-state index in [4.69, 9.17) is 10.8 Å². The molecule has 0 radical (unpaired) electrons. The number of nitrogens with one attached hydrogen (secondary N) is 2. The third kappa shape index (κ3) is 5.85. The van der Waals surface area contributed by atoms with Gasteiger partial charge in [0.1, 0.15) is 0 Å². The smallest absolute Gasteiger partial charge is 0.335 e. The minimum atomic E-state index is -0.982. The number of nitrogens with two attached hydrogens (primary N) is 1. The van der Waals surface area contributed by atoms with Crippen LogP contribution in [0.15, 0.2) is 24.3 Å². The van der Waals surface area contributed by atoms with Gasteiger partial charge in [-0.25, -0.2) is 9.59 Å². The lowest BCUT2D eigenvalue weighted by Crippen LogP contribution is -2.38. The van der Waals surface area contributed by atoms with Crippen molar-refractivity contribution >= 4 is 17.9 Å². The molecule has 0 fully saturated rings. The number of benzene rings is 1. The number of carboxylic acids is 1. The first-order valence-electron chi connectivity index (χ1n) is 6.11. The molecule has 108 valence electrons. The summed E-state index contributed by atoms with van der Waals surface area (Å²) in [5.41, 5.74) is 5.97. The Morgan fingerprint density at radius 1 is 1.15 bits per heavy atom. The molecule has 0 aliphatic heterocycles. The van der Waals surface area contributed by atoms with Crippen LogP contribution < -0.4 is 16.4 Å². The molecule has 1 aromatic carbocycles. The van der Waals surface area contributed by atoms with Crippen molar-refractivity contribution in [1.82, 2.24) is 10.6 Å². The van der Waals surface area contributed by atoms with Crippen molar-refractivity contribution in [2.45, 2.75) is 12.8 Å². The summed E-state index contributed by atoms with van der Waals surface area (Å²) in [5, 5.41) is 13.9. The van der Waals surface area contributed by atoms with Crippen molar-refractivity contribution in [3.63, 3.8) is 0 Å². The number of rotatable bonds is 7. The Bertz CT molecular complexity index is 502. The number of aromatic carboxylic acids is 1. The predicted octanol–water partition coefficient (Wildman–Crippen LogP) is 0.102. The molecule has 0 saturated carbocycles. The molecule has 0 aliphatic rings. The first-order valence-corrected chi connectivity index (χ1v) is 6.11. The largest absolute Gasteiger partial charge is 0.478 e. The van der Waals surface area contributed by atoms with Crippen LogP contribution in [0, 0.1) is 0 Å². The zero-order chi connectivity index (χ0) is 15.0. The van der Waals surface area contributed by atoms with Gasteiger partial charge in [-0.3, -0.25) is 4.79 Å². The second-order valence-corrected chi connectivity index (χ2v) is 4.15. The number of carbonyl (C=O) groups is 3. The van der Waals surface area contributed by atoms with Gasteiger partial charge in [0.25, 0.3) is 0 Å². The lowest BCUT2D eigenvalue weighted by molar-refractivity contribution is -0.117. The van der Waals surface area contributed by atoms with Gasteiger partial charge in [0.05, 0.1) is 5.56 Å². The van der Waals surface area contributed by atoms with Crippen LogP contribution in [-0.4, -0.2) is 36.1 Å². The number of primary amides is 1. The van der Waals surface area contributed by atoms with E-state index in [1.807, 2.05) is 0 Å². The van der Waals surface area contributed by atoms with Crippen LogP contribution in [0.3, 0.4) is 0 Å². The van der Waals surface area contributed by atoms with Crippen molar-refractivity contribution in [3.05, 3.63) is 35.4 Å². The van der Waals surface area contributed by atoms with Crippen LogP contribution in [-0.2, 0) is 11.2 Å². The minimum Gasteiger partial charge on any atom is -0.478 e. The molecule has 0 aliphatic carbocycles. The van der Waals surface area contributed by atoms with Crippen LogP contribution in [0.1, 0.15) is 22.3 Å². The number of amides is 3. The van der Waals surface area contributed by atoms with Crippen molar-refractivity contribution in [3.8, 4) is 0 Å². The highest BCUT2D eigenvalue weighted by Crippen LogP contribution is 2.05. The van der Waals surface area contributed by atoms with E-state index in [0.717, 1.165) is 5.56 Å². The van der Waals surface area contributed by atoms with Crippen molar-refractivity contribution in [2.75, 3.05) is 13.1 Å². The van der Waals surface area contributed by atoms with Gasteiger partial charge in [0, 0.05) is 19.5 Å². The van der Waals surface area contributed by atoms with E-state index in [1.165, 1.54) is 6.07 Å². The maximum Gasteiger partial charge on any atom is 0.335 e. The first-order chi connectivity index (χ1) is 9.49. The first kappa shape index (κ1) is 15.5. The normalized spacial score (nSPS) is 9.80. The highest BCUT2D eigenvalue weighted by Gasteiger charge is 2.04. The molecule has 0 spiro atoms. The minimum absolute atomic E-state index is 0.0913. The van der Waals surface area contributed by atoms with E-state index in [1.54, 1.807) is 18.2 Å². The summed E-state index contributed by atoms with van der Waals surface area (Å²) < 4.78 is 0. The Morgan fingerprint density at radius 2 is 1.85 bits per heavy atom. The maximum absolute atomic E-state index is 11.3. The van der Waals surface area contributed by atoms with Gasteiger partial charge in [0.15, 0.2) is 0 Å². The van der Waals surface area contributed by atoms with E-state index < -0.39 is 11.9 Å². The molecular formula is C13H17N3O4. The molecule has 1 rings (SSSR count). The second-order valence-electron chi connectivity index (χ2n) is 4.15. The Labute approximate surface area is 116 Å². The van der Waals surface area contributed by atoms with E-state index in [2.05, 4.69) is 10.6 Å². The highest BCUT2D eigenvalue weighted by molar-refractivity contribution is 5.87. The summed E-state index contributed by atoms with van der Waals surface area (Å²) in [4.78, 5) is 32.6. The highest BCUT2D eigenvalue weighted by atomic mass is 16.4. The summed E-state index contributed by atoms with van der Waals surface area (Å²) in [5.74, 6) is -1.46. The molecule has 0 heterocycles. The van der Waals surface area contributed by atoms with Gasteiger partial charge >= 0.3 is 12.0 Å². The van der Waals surface area contributed by atoms with Gasteiger partial charge in [-0.1, -0.05) is 12.1 Å². The molecule has 0 atom stereocenters. The monoisotopic (exact) mass is 279 g/mol. The summed E-state index contributed by atoms with van der Waals surface area (Å²) in [6.45, 7) is 0.557. The SMILES string of the molecule is NC(=O)CCNC(=O)NCCc1cccc(C(=O)O)c1. The molecule has 7 heteroatoms. The topological polar surface area (TPSA) is 122 Å². The van der Waals surface area contributed by atoms with Gasteiger partial charge in [-0.05, 0) is 24.1 Å². The third-order valence-corrected chi connectivity index (χ3v) is 2.53. The number of hydrogen-bond acceptors (Lipinski definition) is 3. The van der Waals surface area contributed by atoms with Crippen LogP contribution in [0.25, 0.3) is 0 Å². The fourth-order valence-corrected chi connectivity index (χ4v) is 1.54. The number of carboxylic acid groups (broad SMARTS) is 1. The van der Waals surface area contributed by atoms with Crippen LogP contribution in [0.4, 0.5) is 4.79 Å². The molecule has 0 saturated heterocycles. The Balaban J connectivity index is 2.30. The van der Waals surface area contributed by atoms with E-state index >= 15 is 0 Å². The molecule has 1 aromatic rings. The fraction of sp³-hybridized carbons (Fsp3) is 0.308. The average molecular weight is 279 g/mol. The van der Waals surface area contributed by atoms with Crippen molar-refractivity contribution in [2.24, 2.45) is 5.73 Å². The summed E-state index contributed by atoms with van der Waals surface area (Å²) in [7, 11) is 0. The van der Waals surface area contributed by atoms with Gasteiger partial charge in [0.2, 0.25) is 5.91 Å². The predicted molar refractivity (Wildman–Crippen MR) is 72.3 cm³/mol. The number of urea groups is 1. The average Bonchev–Trinajstić information content (AvgIpc) is 2.38. The molecule has 20 heavy (non-hydrogen) atoms. The summed E-state index contributed by atoms with van der Waals surface area (Å²) >= 11 is 0. The Kier molecular flexibility index (Phi) is 6.02. The quantitative estimate of drug-likeness (QED) is 0.565. The number of hydrogen-bond donors (Lipinski definition) is 4. The van der Waals surface area contributed by atoms with Gasteiger partial charge < -0.3 is 21.5 Å². The van der Waals surface area contributed by atoms with Crippen molar-refractivity contribution in [1.29, 1.82) is 0 Å². The Morgan fingerprint density at radius 3 is 2.50 bits per heavy atom. The molecule has 0 unspecified atom stereocenters. The zero-order valence-electron chi connectivity index (χ0n) is 10.9. The zero-order valence-corrected chi connectivity index (χ0v) is 10.9. The standard InChI is InChI=1S/C13H17N3O4/c14-11(17)5-7-16-13(20)15-6-4-9-2-1-3-10(8-9)12(18)19/h1-3,8H,4-7H2,(H2,14,17)(H,18,19)(H2,15,16,20). The molecule has 7 nitrogen and oxygen atoms in total. The maximum atomic E-state index is 11.3. The summed E-state index contributed by atoms with van der Waals surface area (Å²) in [6, 6.07) is 6.14.